The minimum absolute atomic E-state index is 0.0326. The monoisotopic (exact) mass is 532 g/mol. The number of methoxy groups -OCH3 is 2. The molecule has 37 heavy (non-hydrogen) atoms. The summed E-state index contributed by atoms with van der Waals surface area (Å²) in [7, 11) is -3.99. The zero-order valence-electron chi connectivity index (χ0n) is 19.3. The number of rotatable bonds is 4. The zero-order valence-corrected chi connectivity index (χ0v) is 20.1. The van der Waals surface area contributed by atoms with Gasteiger partial charge in [-0.05, 0) is 6.92 Å². The fraction of sp³-hybridized carbons (Fsp3) is 0.167. The van der Waals surface area contributed by atoms with Crippen LogP contribution in [-0.4, -0.2) is 50.1 Å². The predicted octanol–water partition coefficient (Wildman–Crippen LogP) is 4.64. The highest BCUT2D eigenvalue weighted by atomic mass is 32.2. The van der Waals surface area contributed by atoms with Crippen molar-refractivity contribution in [3.8, 4) is 5.88 Å². The van der Waals surface area contributed by atoms with E-state index in [-0.39, 0.29) is 16.5 Å². The summed E-state index contributed by atoms with van der Waals surface area (Å²) in [5.74, 6) is -2.90. The van der Waals surface area contributed by atoms with Gasteiger partial charge in [0.2, 0.25) is 5.88 Å². The quantitative estimate of drug-likeness (QED) is 0.107. The topological polar surface area (TPSA) is 122 Å². The number of hydrogen-bond donors (Lipinski definition) is 0. The molecule has 190 valence electrons. The second kappa shape index (κ2) is 8.13. The highest BCUT2D eigenvalue weighted by Crippen LogP contribution is 2.43. The summed E-state index contributed by atoms with van der Waals surface area (Å²) in [5, 5.41) is 2.03. The number of aromatic nitrogens is 2. The van der Waals surface area contributed by atoms with Crippen LogP contribution in [-0.2, 0) is 19.6 Å². The third-order valence-electron chi connectivity index (χ3n) is 5.97. The molecule has 5 aromatic rings. The molecule has 0 bridgehead atoms. The minimum atomic E-state index is -6.18. The van der Waals surface area contributed by atoms with E-state index >= 15 is 0 Å². The van der Waals surface area contributed by atoms with Gasteiger partial charge in [0.1, 0.15) is 5.56 Å². The molecule has 0 N–H and O–H groups in total. The van der Waals surface area contributed by atoms with Gasteiger partial charge >= 0.3 is 27.6 Å². The Morgan fingerprint density at radius 1 is 0.784 bits per heavy atom. The molecular weight excluding hydrogens is 517 g/mol. The number of nitrogens with zero attached hydrogens (tertiary/aromatic N) is 2. The highest BCUT2D eigenvalue weighted by molar-refractivity contribution is 7.88. The number of esters is 2. The standard InChI is InChI=1S/C24H15F3N2O7S/c1-10-15(22(30)34-2)11-6-4-9-14-16(11)19(28-10)13-8-5-7-12-17(13)20(14)29-21(18(12)23(31)35-3)36-37(32,33)24(25,26)27/h4-9H,1-3H3. The molecule has 0 saturated heterocycles. The first-order valence-corrected chi connectivity index (χ1v) is 11.9. The zero-order chi connectivity index (χ0) is 26.9. The van der Waals surface area contributed by atoms with E-state index in [9.17, 15) is 31.2 Å². The van der Waals surface area contributed by atoms with Gasteiger partial charge in [0.25, 0.3) is 0 Å². The Morgan fingerprint density at radius 2 is 1.24 bits per heavy atom. The number of fused-ring (bicyclic) bond motifs is 2. The Bertz CT molecular complexity index is 1890. The van der Waals surface area contributed by atoms with Gasteiger partial charge in [0.15, 0.2) is 0 Å². The summed E-state index contributed by atoms with van der Waals surface area (Å²) in [6, 6.07) is 9.42. The molecule has 0 unspecified atom stereocenters. The maximum absolute atomic E-state index is 13.2. The van der Waals surface area contributed by atoms with Gasteiger partial charge in [0, 0.05) is 32.3 Å². The third-order valence-corrected chi connectivity index (χ3v) is 6.92. The molecule has 0 aliphatic carbocycles. The normalized spacial score (nSPS) is 12.5. The number of ether oxygens (including phenoxy) is 2. The Kier molecular flexibility index (Phi) is 5.37. The second-order valence-electron chi connectivity index (χ2n) is 7.98. The molecule has 0 saturated carbocycles. The highest BCUT2D eigenvalue weighted by Gasteiger charge is 2.49. The van der Waals surface area contributed by atoms with Crippen molar-refractivity contribution in [3.05, 3.63) is 53.2 Å². The van der Waals surface area contributed by atoms with Crippen molar-refractivity contribution < 1.29 is 44.8 Å². The fourth-order valence-corrected chi connectivity index (χ4v) is 4.91. The number of carbonyl (C=O) groups excluding carboxylic acids is 2. The van der Waals surface area contributed by atoms with E-state index in [2.05, 4.69) is 14.2 Å². The van der Waals surface area contributed by atoms with Crippen molar-refractivity contribution in [1.29, 1.82) is 0 Å². The number of pyridine rings is 2. The van der Waals surface area contributed by atoms with Crippen LogP contribution in [0, 0.1) is 6.92 Å². The summed E-state index contributed by atoms with van der Waals surface area (Å²) in [6.07, 6.45) is 0. The molecule has 2 heterocycles. The Morgan fingerprint density at radius 3 is 1.76 bits per heavy atom. The van der Waals surface area contributed by atoms with E-state index < -0.39 is 39.0 Å². The lowest BCUT2D eigenvalue weighted by molar-refractivity contribution is -0.0501. The first kappa shape index (κ1) is 24.4. The molecule has 0 amide bonds. The van der Waals surface area contributed by atoms with Crippen LogP contribution in [0.2, 0.25) is 0 Å². The molecule has 0 radical (unpaired) electrons. The summed E-state index contributed by atoms with van der Waals surface area (Å²) >= 11 is 0. The largest absolute Gasteiger partial charge is 0.534 e. The molecule has 0 aliphatic rings. The molecule has 2 aromatic heterocycles. The Hall–Kier alpha value is -4.26. The van der Waals surface area contributed by atoms with Crippen LogP contribution in [0.4, 0.5) is 13.2 Å². The minimum Gasteiger partial charge on any atom is -0.465 e. The van der Waals surface area contributed by atoms with Crippen LogP contribution in [0.1, 0.15) is 26.4 Å². The number of carbonyl (C=O) groups is 2. The lowest BCUT2D eigenvalue weighted by atomic mass is 9.91. The van der Waals surface area contributed by atoms with E-state index in [1.165, 1.54) is 19.2 Å². The molecule has 5 rings (SSSR count). The van der Waals surface area contributed by atoms with Crippen LogP contribution in [0.25, 0.3) is 43.4 Å². The van der Waals surface area contributed by atoms with Gasteiger partial charge in [-0.1, -0.05) is 36.4 Å². The molecule has 13 heteroatoms. The van der Waals surface area contributed by atoms with Crippen molar-refractivity contribution in [2.75, 3.05) is 14.2 Å². The summed E-state index contributed by atoms with van der Waals surface area (Å²) in [5.41, 5.74) is -5.37. The number of aryl methyl sites for hydroxylation is 1. The van der Waals surface area contributed by atoms with Crippen LogP contribution < -0.4 is 4.18 Å². The molecule has 9 nitrogen and oxygen atoms in total. The Balaban J connectivity index is 2.03. The van der Waals surface area contributed by atoms with Gasteiger partial charge in [-0.3, -0.25) is 4.98 Å². The van der Waals surface area contributed by atoms with Crippen molar-refractivity contribution in [2.45, 2.75) is 12.4 Å². The number of hydrogen-bond acceptors (Lipinski definition) is 9. The maximum atomic E-state index is 13.2. The Labute approximate surface area is 206 Å². The van der Waals surface area contributed by atoms with Gasteiger partial charge in [-0.15, -0.1) is 0 Å². The van der Waals surface area contributed by atoms with Crippen molar-refractivity contribution in [3.63, 3.8) is 0 Å². The number of alkyl halides is 3. The molecule has 0 spiro atoms. The number of benzene rings is 3. The van der Waals surface area contributed by atoms with Gasteiger partial charge in [-0.25, -0.2) is 14.6 Å². The average molecular weight is 532 g/mol. The predicted molar refractivity (Wildman–Crippen MR) is 126 cm³/mol. The molecule has 3 aromatic carbocycles. The molecule has 0 aliphatic heterocycles. The summed E-state index contributed by atoms with van der Waals surface area (Å²) < 4.78 is 77.3. The SMILES string of the molecule is COC(=O)c1c(C)nc2c3cccc4c(C(=O)OC)c(OS(=O)(=O)C(F)(F)F)nc(c5cccc1c52)c43. The van der Waals surface area contributed by atoms with Crippen LogP contribution in [0.5, 0.6) is 5.88 Å². The molecule has 0 fully saturated rings. The average Bonchev–Trinajstić information content (AvgIpc) is 2.84. The lowest BCUT2D eigenvalue weighted by Crippen LogP contribution is -2.29. The smallest absolute Gasteiger partial charge is 0.465 e. The number of halogens is 3. The van der Waals surface area contributed by atoms with Crippen LogP contribution in [0.3, 0.4) is 0 Å². The van der Waals surface area contributed by atoms with E-state index in [4.69, 9.17) is 9.47 Å². The first-order valence-electron chi connectivity index (χ1n) is 10.5. The molecular formula is C24H15F3N2O7S. The summed E-state index contributed by atoms with van der Waals surface area (Å²) in [4.78, 5) is 33.9. The second-order valence-corrected chi connectivity index (χ2v) is 9.52. The van der Waals surface area contributed by atoms with Crippen molar-refractivity contribution >= 4 is 65.4 Å². The van der Waals surface area contributed by atoms with Gasteiger partial charge in [0.05, 0.1) is 36.5 Å². The van der Waals surface area contributed by atoms with E-state index in [1.54, 1.807) is 31.2 Å². The van der Waals surface area contributed by atoms with E-state index in [0.29, 0.717) is 38.1 Å². The van der Waals surface area contributed by atoms with Crippen molar-refractivity contribution in [1.82, 2.24) is 9.97 Å². The third kappa shape index (κ3) is 3.49. The van der Waals surface area contributed by atoms with Crippen LogP contribution in [0.15, 0.2) is 36.4 Å². The maximum Gasteiger partial charge on any atom is 0.534 e. The van der Waals surface area contributed by atoms with Gasteiger partial charge < -0.3 is 13.7 Å². The fourth-order valence-electron chi connectivity index (χ4n) is 4.49. The van der Waals surface area contributed by atoms with Crippen LogP contribution >= 0.6 is 0 Å². The summed E-state index contributed by atoms with van der Waals surface area (Å²) in [6.45, 7) is 1.63. The molecule has 0 atom stereocenters. The first-order chi connectivity index (χ1) is 17.4. The van der Waals surface area contributed by atoms with Gasteiger partial charge in [-0.2, -0.15) is 21.6 Å². The van der Waals surface area contributed by atoms with Crippen molar-refractivity contribution in [2.24, 2.45) is 0 Å². The lowest BCUT2D eigenvalue weighted by Gasteiger charge is -2.18. The van der Waals surface area contributed by atoms with E-state index in [0.717, 1.165) is 7.11 Å². The van der Waals surface area contributed by atoms with E-state index in [1.807, 2.05) is 0 Å².